The Labute approximate surface area is 106 Å². The number of carbonyl (C=O) groups is 1. The highest BCUT2D eigenvalue weighted by atomic mass is 35.5. The predicted molar refractivity (Wildman–Crippen MR) is 63.9 cm³/mol. The molecule has 0 saturated heterocycles. The molecule has 0 spiro atoms. The zero-order valence-corrected chi connectivity index (χ0v) is 10.0. The van der Waals surface area contributed by atoms with E-state index < -0.39 is 0 Å². The number of hydrogen-bond acceptors (Lipinski definition) is 5. The number of halogens is 1. The van der Waals surface area contributed by atoms with Crippen molar-refractivity contribution in [3.8, 4) is 5.82 Å². The van der Waals surface area contributed by atoms with Crippen molar-refractivity contribution in [2.75, 3.05) is 0 Å². The summed E-state index contributed by atoms with van der Waals surface area (Å²) in [5, 5.41) is 4.42. The van der Waals surface area contributed by atoms with E-state index in [9.17, 15) is 4.79 Å². The van der Waals surface area contributed by atoms with Crippen molar-refractivity contribution in [3.05, 3.63) is 29.1 Å². The average molecular weight is 263 g/mol. The minimum Gasteiger partial charge on any atom is -0.340 e. The fourth-order valence-electron chi connectivity index (χ4n) is 1.70. The van der Waals surface area contributed by atoms with Crippen LogP contribution in [0, 0.1) is 6.92 Å². The average Bonchev–Trinajstić information content (AvgIpc) is 2.94. The molecule has 0 bridgehead atoms. The molecule has 0 aromatic carbocycles. The van der Waals surface area contributed by atoms with Crippen LogP contribution in [0.2, 0.25) is 5.15 Å². The Hall–Kier alpha value is -2.28. The van der Waals surface area contributed by atoms with Gasteiger partial charge < -0.3 is 4.98 Å². The Morgan fingerprint density at radius 3 is 2.94 bits per heavy atom. The Balaban J connectivity index is 2.33. The number of hydrogen-bond donors (Lipinski definition) is 1. The van der Waals surface area contributed by atoms with E-state index in [1.54, 1.807) is 6.92 Å². The minimum absolute atomic E-state index is 0.220. The van der Waals surface area contributed by atoms with Gasteiger partial charge in [0, 0.05) is 0 Å². The van der Waals surface area contributed by atoms with Gasteiger partial charge in [0.15, 0.2) is 17.8 Å². The van der Waals surface area contributed by atoms with E-state index in [1.165, 1.54) is 17.3 Å². The summed E-state index contributed by atoms with van der Waals surface area (Å²) in [7, 11) is 0. The molecule has 1 N–H and O–H groups in total. The SMILES string of the molecule is Cc1nn(-c2ncnc3nc[nH]c23)c(Cl)c1C=O. The van der Waals surface area contributed by atoms with Crippen LogP contribution in [-0.4, -0.2) is 36.0 Å². The van der Waals surface area contributed by atoms with Crippen LogP contribution in [0.4, 0.5) is 0 Å². The van der Waals surface area contributed by atoms with Crippen LogP contribution in [0.25, 0.3) is 17.0 Å². The zero-order chi connectivity index (χ0) is 12.7. The van der Waals surface area contributed by atoms with Crippen LogP contribution in [0.3, 0.4) is 0 Å². The first-order chi connectivity index (χ1) is 8.72. The molecule has 0 aliphatic heterocycles. The first kappa shape index (κ1) is 10.8. The number of nitrogens with one attached hydrogen (secondary N) is 1. The van der Waals surface area contributed by atoms with Gasteiger partial charge in [-0.1, -0.05) is 11.6 Å². The van der Waals surface area contributed by atoms with Gasteiger partial charge in [-0.3, -0.25) is 4.79 Å². The topological polar surface area (TPSA) is 89.3 Å². The van der Waals surface area contributed by atoms with Crippen LogP contribution in [-0.2, 0) is 0 Å². The molecule has 3 aromatic heterocycles. The van der Waals surface area contributed by atoms with E-state index in [2.05, 4.69) is 25.0 Å². The van der Waals surface area contributed by atoms with Gasteiger partial charge in [-0.05, 0) is 6.92 Å². The van der Waals surface area contributed by atoms with Crippen molar-refractivity contribution in [2.45, 2.75) is 6.92 Å². The van der Waals surface area contributed by atoms with Crippen molar-refractivity contribution < 1.29 is 4.79 Å². The Morgan fingerprint density at radius 2 is 2.22 bits per heavy atom. The summed E-state index contributed by atoms with van der Waals surface area (Å²) in [6.07, 6.45) is 3.55. The highest BCUT2D eigenvalue weighted by molar-refractivity contribution is 6.32. The lowest BCUT2D eigenvalue weighted by atomic mass is 10.3. The summed E-state index contributed by atoms with van der Waals surface area (Å²) >= 11 is 6.11. The van der Waals surface area contributed by atoms with Crippen molar-refractivity contribution >= 4 is 29.1 Å². The maximum Gasteiger partial charge on any atom is 0.184 e. The maximum atomic E-state index is 10.9. The molecule has 0 aliphatic rings. The molecule has 3 aromatic rings. The second-order valence-electron chi connectivity index (χ2n) is 3.62. The van der Waals surface area contributed by atoms with E-state index in [0.717, 1.165) is 0 Å². The Bertz CT molecular complexity index is 746. The molecule has 0 fully saturated rings. The lowest BCUT2D eigenvalue weighted by Gasteiger charge is -2.02. The monoisotopic (exact) mass is 262 g/mol. The second kappa shape index (κ2) is 3.88. The third kappa shape index (κ3) is 1.41. The van der Waals surface area contributed by atoms with Crippen LogP contribution in [0.1, 0.15) is 16.1 Å². The smallest absolute Gasteiger partial charge is 0.184 e. The minimum atomic E-state index is 0.220. The lowest BCUT2D eigenvalue weighted by molar-refractivity contribution is 0.112. The number of aromatic nitrogens is 6. The number of aldehydes is 1. The van der Waals surface area contributed by atoms with Crippen LogP contribution >= 0.6 is 11.6 Å². The molecule has 0 aliphatic carbocycles. The van der Waals surface area contributed by atoms with Crippen LogP contribution < -0.4 is 0 Å². The normalized spacial score (nSPS) is 11.0. The van der Waals surface area contributed by atoms with Crippen molar-refractivity contribution in [1.29, 1.82) is 0 Å². The summed E-state index contributed by atoms with van der Waals surface area (Å²) in [5.41, 5.74) is 2.01. The number of carbonyl (C=O) groups excluding carboxylic acids is 1. The van der Waals surface area contributed by atoms with Crippen molar-refractivity contribution in [1.82, 2.24) is 29.7 Å². The molecule has 0 saturated carbocycles. The van der Waals surface area contributed by atoms with E-state index in [-0.39, 0.29) is 5.15 Å². The quantitative estimate of drug-likeness (QED) is 0.704. The number of aromatic amines is 1. The molecule has 18 heavy (non-hydrogen) atoms. The number of aryl methyl sites for hydroxylation is 1. The fraction of sp³-hybridized carbons (Fsp3) is 0.100. The second-order valence-corrected chi connectivity index (χ2v) is 3.98. The van der Waals surface area contributed by atoms with Gasteiger partial charge in [0.2, 0.25) is 0 Å². The number of nitrogens with zero attached hydrogens (tertiary/aromatic N) is 5. The molecular formula is C10H7ClN6O. The largest absolute Gasteiger partial charge is 0.340 e. The molecule has 0 unspecified atom stereocenters. The van der Waals surface area contributed by atoms with Gasteiger partial charge in [0.05, 0.1) is 17.6 Å². The highest BCUT2D eigenvalue weighted by Crippen LogP contribution is 2.23. The highest BCUT2D eigenvalue weighted by Gasteiger charge is 2.17. The molecule has 7 nitrogen and oxygen atoms in total. The number of H-pyrrole nitrogens is 1. The molecule has 8 heteroatoms. The Morgan fingerprint density at radius 1 is 1.39 bits per heavy atom. The maximum absolute atomic E-state index is 10.9. The van der Waals surface area contributed by atoms with Crippen LogP contribution in [0.5, 0.6) is 0 Å². The van der Waals surface area contributed by atoms with Crippen LogP contribution in [0.15, 0.2) is 12.7 Å². The predicted octanol–water partition coefficient (Wildman–Crippen LogP) is 1.31. The molecular weight excluding hydrogens is 256 g/mol. The van der Waals surface area contributed by atoms with E-state index >= 15 is 0 Å². The van der Waals surface area contributed by atoms with Crippen molar-refractivity contribution in [3.63, 3.8) is 0 Å². The van der Waals surface area contributed by atoms with Gasteiger partial charge >= 0.3 is 0 Å². The number of imidazole rings is 1. The third-order valence-corrected chi connectivity index (χ3v) is 2.93. The zero-order valence-electron chi connectivity index (χ0n) is 9.25. The van der Waals surface area contributed by atoms with Crippen molar-refractivity contribution in [2.24, 2.45) is 0 Å². The van der Waals surface area contributed by atoms with E-state index in [4.69, 9.17) is 11.6 Å². The fourth-order valence-corrected chi connectivity index (χ4v) is 2.00. The number of fused-ring (bicyclic) bond motifs is 1. The van der Waals surface area contributed by atoms with E-state index in [0.29, 0.717) is 34.5 Å². The summed E-state index contributed by atoms with van der Waals surface area (Å²) in [4.78, 5) is 26.0. The van der Waals surface area contributed by atoms with Gasteiger partial charge in [-0.2, -0.15) is 5.10 Å². The van der Waals surface area contributed by atoms with E-state index in [1.807, 2.05) is 0 Å². The van der Waals surface area contributed by atoms with Gasteiger partial charge in [-0.15, -0.1) is 0 Å². The summed E-state index contributed by atoms with van der Waals surface area (Å²) in [6, 6.07) is 0. The summed E-state index contributed by atoms with van der Waals surface area (Å²) in [5.74, 6) is 0.457. The third-order valence-electron chi connectivity index (χ3n) is 2.57. The molecule has 3 rings (SSSR count). The molecule has 0 atom stereocenters. The summed E-state index contributed by atoms with van der Waals surface area (Å²) in [6.45, 7) is 1.71. The first-order valence-electron chi connectivity index (χ1n) is 5.07. The lowest BCUT2D eigenvalue weighted by Crippen LogP contribution is -2.02. The molecule has 3 heterocycles. The summed E-state index contributed by atoms with van der Waals surface area (Å²) < 4.78 is 1.39. The first-order valence-corrected chi connectivity index (χ1v) is 5.45. The number of rotatable bonds is 2. The van der Waals surface area contributed by atoms with Gasteiger partial charge in [-0.25, -0.2) is 19.6 Å². The molecule has 0 amide bonds. The molecule has 0 radical (unpaired) electrons. The van der Waals surface area contributed by atoms with Gasteiger partial charge in [0.25, 0.3) is 0 Å². The standard InChI is InChI=1S/C10H7ClN6O/c1-5-6(2-18)8(11)17(16-5)10-7-9(13-3-12-7)14-4-15-10/h2-4H,1H3,(H,12,13,14,15). The molecule has 90 valence electrons. The van der Waals surface area contributed by atoms with Gasteiger partial charge in [0.1, 0.15) is 17.0 Å². The Kier molecular flexibility index (Phi) is 2.34.